The van der Waals surface area contributed by atoms with E-state index in [-0.39, 0.29) is 11.2 Å². The van der Waals surface area contributed by atoms with Crippen LogP contribution >= 0.6 is 0 Å². The number of hydrogen-bond acceptors (Lipinski definition) is 1. The van der Waals surface area contributed by atoms with Gasteiger partial charge in [-0.15, -0.1) is 0 Å². The molecule has 1 aliphatic carbocycles. The third kappa shape index (κ3) is 3.53. The van der Waals surface area contributed by atoms with E-state index in [4.69, 9.17) is 0 Å². The number of rotatable bonds is 3. The number of hydrogen-bond donors (Lipinski definition) is 0. The van der Waals surface area contributed by atoms with Gasteiger partial charge in [-0.1, -0.05) is 93.6 Å². The number of ketones is 1. The highest BCUT2D eigenvalue weighted by Crippen LogP contribution is 2.46. The van der Waals surface area contributed by atoms with E-state index in [0.717, 1.165) is 45.6 Å². The number of carbonyl (C=O) groups excluding carboxylic acids is 1. The summed E-state index contributed by atoms with van der Waals surface area (Å²) < 4.78 is 4.80. The Morgan fingerprint density at radius 1 is 0.682 bits per heavy atom. The van der Waals surface area contributed by atoms with Crippen molar-refractivity contribution >= 4 is 49.4 Å². The van der Waals surface area contributed by atoms with Crippen molar-refractivity contribution in [2.75, 3.05) is 0 Å². The number of Topliss-reactive ketones (excluding diaryl/α,β-unsaturated/α-hetero) is 1. The molecule has 0 N–H and O–H groups in total. The van der Waals surface area contributed by atoms with E-state index < -0.39 is 0 Å². The molecule has 0 saturated heterocycles. The summed E-state index contributed by atoms with van der Waals surface area (Å²) in [5.74, 6) is 0.114. The molecular formula is C41H34N2O. The van der Waals surface area contributed by atoms with Gasteiger partial charge in [-0.2, -0.15) is 0 Å². The zero-order valence-corrected chi connectivity index (χ0v) is 25.6. The van der Waals surface area contributed by atoms with Gasteiger partial charge in [-0.25, -0.2) is 0 Å². The van der Waals surface area contributed by atoms with Gasteiger partial charge in [0, 0.05) is 49.5 Å². The average Bonchev–Trinajstić information content (AvgIpc) is 3.57. The first-order chi connectivity index (χ1) is 21.5. The van der Waals surface area contributed by atoms with Gasteiger partial charge in [0.15, 0.2) is 5.78 Å². The quantitative estimate of drug-likeness (QED) is 0.194. The molecule has 1 aliphatic rings. The maximum Gasteiger partial charge on any atom is 0.193 e. The van der Waals surface area contributed by atoms with Gasteiger partial charge < -0.3 is 9.13 Å². The lowest BCUT2D eigenvalue weighted by Gasteiger charge is -2.37. The van der Waals surface area contributed by atoms with Gasteiger partial charge in [-0.3, -0.25) is 4.79 Å². The third-order valence-electron chi connectivity index (χ3n) is 9.57. The number of nitrogens with zero attached hydrogens (tertiary/aromatic N) is 2. The van der Waals surface area contributed by atoms with Crippen LogP contribution in [-0.2, 0) is 5.41 Å². The first-order valence-electron chi connectivity index (χ1n) is 15.5. The summed E-state index contributed by atoms with van der Waals surface area (Å²) in [6, 6.07) is 39.0. The second-order valence-corrected chi connectivity index (χ2v) is 12.3. The summed E-state index contributed by atoms with van der Waals surface area (Å²) >= 11 is 0. The Hall–Kier alpha value is -5.15. The summed E-state index contributed by atoms with van der Waals surface area (Å²) in [6.07, 6.45) is 5.09. The van der Waals surface area contributed by atoms with Crippen LogP contribution in [0.3, 0.4) is 0 Å². The van der Waals surface area contributed by atoms with Gasteiger partial charge in [0.1, 0.15) is 0 Å². The lowest BCUT2D eigenvalue weighted by Crippen LogP contribution is -2.32. The fourth-order valence-corrected chi connectivity index (χ4v) is 7.62. The summed E-state index contributed by atoms with van der Waals surface area (Å²) in [4.78, 5) is 13.8. The fourth-order valence-electron chi connectivity index (χ4n) is 7.62. The maximum atomic E-state index is 13.8. The zero-order valence-electron chi connectivity index (χ0n) is 25.6. The molecule has 0 radical (unpaired) electrons. The second-order valence-electron chi connectivity index (χ2n) is 12.3. The number of benzene rings is 5. The predicted octanol–water partition coefficient (Wildman–Crippen LogP) is 10.6. The molecule has 0 saturated carbocycles. The molecule has 214 valence electrons. The molecule has 0 fully saturated rings. The van der Waals surface area contributed by atoms with Gasteiger partial charge in [0.25, 0.3) is 0 Å². The van der Waals surface area contributed by atoms with E-state index in [1.54, 1.807) is 0 Å². The molecule has 7 aromatic rings. The van der Waals surface area contributed by atoms with E-state index >= 15 is 0 Å². The topological polar surface area (TPSA) is 26.9 Å². The van der Waals surface area contributed by atoms with Crippen LogP contribution in [0.4, 0.5) is 0 Å². The smallest absolute Gasteiger partial charge is 0.193 e. The van der Waals surface area contributed by atoms with E-state index in [1.807, 2.05) is 13.0 Å². The number of aromatic nitrogens is 2. The minimum absolute atomic E-state index is 0.114. The highest BCUT2D eigenvalue weighted by molar-refractivity contribution is 6.26. The van der Waals surface area contributed by atoms with Crippen molar-refractivity contribution in [3.05, 3.63) is 144 Å². The number of fused-ring (bicyclic) bond motifs is 8. The van der Waals surface area contributed by atoms with Gasteiger partial charge in [-0.05, 0) is 73.0 Å². The molecule has 2 aromatic heterocycles. The normalized spacial score (nSPS) is 16.6. The number of carbonyl (C=O) groups is 1. The summed E-state index contributed by atoms with van der Waals surface area (Å²) in [5, 5.41) is 4.89. The predicted molar refractivity (Wildman–Crippen MR) is 185 cm³/mol. The van der Waals surface area contributed by atoms with Crippen molar-refractivity contribution in [3.8, 4) is 11.4 Å². The van der Waals surface area contributed by atoms with Crippen molar-refractivity contribution in [2.24, 2.45) is 0 Å². The molecule has 0 amide bonds. The van der Waals surface area contributed by atoms with Gasteiger partial charge >= 0.3 is 0 Å². The lowest BCUT2D eigenvalue weighted by atomic mass is 9.66. The van der Waals surface area contributed by atoms with E-state index in [0.29, 0.717) is 0 Å². The van der Waals surface area contributed by atoms with Crippen LogP contribution in [0.25, 0.3) is 55.0 Å². The Labute approximate surface area is 257 Å². The van der Waals surface area contributed by atoms with Crippen molar-refractivity contribution in [1.29, 1.82) is 0 Å². The molecular weight excluding hydrogens is 536 g/mol. The van der Waals surface area contributed by atoms with Crippen LogP contribution in [0.15, 0.2) is 132 Å². The van der Waals surface area contributed by atoms with Crippen LogP contribution in [0, 0.1) is 0 Å². The first-order valence-corrected chi connectivity index (χ1v) is 15.5. The molecule has 2 heterocycles. The van der Waals surface area contributed by atoms with Gasteiger partial charge in [0.2, 0.25) is 0 Å². The van der Waals surface area contributed by atoms with Crippen LogP contribution in [0.2, 0.25) is 0 Å². The minimum atomic E-state index is -0.311. The second kappa shape index (κ2) is 9.68. The highest BCUT2D eigenvalue weighted by atomic mass is 16.1. The summed E-state index contributed by atoms with van der Waals surface area (Å²) in [7, 11) is 0. The molecule has 0 aliphatic heterocycles. The first kappa shape index (κ1) is 26.5. The third-order valence-corrected chi connectivity index (χ3v) is 9.57. The molecule has 0 spiro atoms. The number of allylic oxidation sites excluding steroid dienone is 4. The van der Waals surface area contributed by atoms with Crippen molar-refractivity contribution in [2.45, 2.75) is 39.5 Å². The Kier molecular flexibility index (Phi) is 5.83. The monoisotopic (exact) mass is 570 g/mol. The van der Waals surface area contributed by atoms with Gasteiger partial charge in [0.05, 0.1) is 22.1 Å². The molecule has 8 rings (SSSR count). The van der Waals surface area contributed by atoms with Crippen molar-refractivity contribution in [3.63, 3.8) is 0 Å². The molecule has 3 nitrogen and oxygen atoms in total. The van der Waals surface area contributed by atoms with Crippen LogP contribution in [0.5, 0.6) is 0 Å². The number of para-hydroxylation sites is 3. The standard InChI is InChI=1S/C41H34N2O/c1-5-14-33-28(6-2)40(44)31-22-21-27(25-34(31)41(33,3)4)43-35-19-12-10-17-29(35)30-23-24-37-38(39(30)43)32-18-11-13-20-36(32)42(37)26-15-8-7-9-16-26/h6-25H,5H2,1-4H3/b28-6+,33-14+. The van der Waals surface area contributed by atoms with E-state index in [1.165, 1.54) is 38.1 Å². The largest absolute Gasteiger partial charge is 0.309 e. The Balaban J connectivity index is 1.52. The van der Waals surface area contributed by atoms with Crippen LogP contribution in [0.1, 0.15) is 50.0 Å². The Morgan fingerprint density at radius 2 is 1.36 bits per heavy atom. The van der Waals surface area contributed by atoms with Crippen molar-refractivity contribution < 1.29 is 4.79 Å². The van der Waals surface area contributed by atoms with Crippen molar-refractivity contribution in [1.82, 2.24) is 9.13 Å². The maximum absolute atomic E-state index is 13.8. The fraction of sp³-hybridized carbons (Fsp3) is 0.146. The summed E-state index contributed by atoms with van der Waals surface area (Å²) in [6.45, 7) is 8.62. The van der Waals surface area contributed by atoms with E-state index in [9.17, 15) is 4.79 Å². The minimum Gasteiger partial charge on any atom is -0.309 e. The Morgan fingerprint density at radius 3 is 2.09 bits per heavy atom. The Bertz CT molecular complexity index is 2360. The molecule has 5 aromatic carbocycles. The molecule has 0 atom stereocenters. The zero-order chi connectivity index (χ0) is 30.2. The highest BCUT2D eigenvalue weighted by Gasteiger charge is 2.39. The van der Waals surface area contributed by atoms with Crippen LogP contribution < -0.4 is 0 Å². The van der Waals surface area contributed by atoms with Crippen LogP contribution in [-0.4, -0.2) is 14.9 Å². The molecule has 3 heteroatoms. The molecule has 0 bridgehead atoms. The molecule has 0 unspecified atom stereocenters. The summed E-state index contributed by atoms with van der Waals surface area (Å²) in [5.41, 5.74) is 10.4. The van der Waals surface area contributed by atoms with E-state index in [2.05, 4.69) is 145 Å². The average molecular weight is 571 g/mol. The molecule has 44 heavy (non-hydrogen) atoms. The lowest BCUT2D eigenvalue weighted by molar-refractivity contribution is 0.102. The SMILES string of the molecule is C/C=C1/C(=O)c2ccc(-n3c4ccccc4c4ccc5c(c6ccccc6n5-c5ccccc5)c43)cc2C(C)(C)/C1=C/CC.